The fraction of sp³-hybridized carbons (Fsp3) is 0.636. The molecule has 1 aromatic heterocycles. The van der Waals surface area contributed by atoms with E-state index in [9.17, 15) is 0 Å². The summed E-state index contributed by atoms with van der Waals surface area (Å²) in [5.74, 6) is 3.82. The minimum Gasteiger partial charge on any atom is -0.481 e. The van der Waals surface area contributed by atoms with Crippen molar-refractivity contribution in [1.29, 1.82) is 0 Å². The summed E-state index contributed by atoms with van der Waals surface area (Å²) in [7, 11) is 1.67. The predicted molar refractivity (Wildman–Crippen MR) is 66.1 cm³/mol. The van der Waals surface area contributed by atoms with Crippen molar-refractivity contribution in [2.45, 2.75) is 19.3 Å². The maximum atomic E-state index is 5.53. The third-order valence-corrected chi connectivity index (χ3v) is 3.63. The first-order valence-corrected chi connectivity index (χ1v) is 6.71. The van der Waals surface area contributed by atoms with E-state index in [4.69, 9.17) is 10.5 Å². The summed E-state index contributed by atoms with van der Waals surface area (Å²) < 4.78 is 5.35. The molecule has 5 heteroatoms. The average Bonchev–Trinajstić information content (AvgIpc) is 2.53. The number of rotatable bonds is 3. The third kappa shape index (κ3) is 2.47. The molecule has 0 bridgehead atoms. The molecular weight excluding hydrogens is 222 g/mol. The summed E-state index contributed by atoms with van der Waals surface area (Å²) in [6.45, 7) is 0.580. The lowest BCUT2D eigenvalue weighted by Crippen LogP contribution is -2.11. The van der Waals surface area contributed by atoms with Crippen LogP contribution < -0.4 is 10.5 Å². The highest BCUT2D eigenvalue weighted by molar-refractivity contribution is 7.99. The summed E-state index contributed by atoms with van der Waals surface area (Å²) in [6.07, 6.45) is 2.74. The van der Waals surface area contributed by atoms with Crippen LogP contribution in [0.25, 0.3) is 0 Å². The highest BCUT2D eigenvalue weighted by atomic mass is 32.2. The van der Waals surface area contributed by atoms with Crippen LogP contribution in [0.15, 0.2) is 0 Å². The van der Waals surface area contributed by atoms with E-state index in [-0.39, 0.29) is 0 Å². The Morgan fingerprint density at radius 2 is 2.12 bits per heavy atom. The van der Waals surface area contributed by atoms with Crippen molar-refractivity contribution in [2.75, 3.05) is 25.2 Å². The van der Waals surface area contributed by atoms with Gasteiger partial charge in [-0.3, -0.25) is 0 Å². The smallest absolute Gasteiger partial charge is 0.219 e. The molecule has 0 amide bonds. The van der Waals surface area contributed by atoms with Crippen molar-refractivity contribution in [2.24, 2.45) is 5.73 Å². The molecule has 0 aromatic carbocycles. The van der Waals surface area contributed by atoms with Gasteiger partial charge in [-0.1, -0.05) is 0 Å². The number of methoxy groups -OCH3 is 1. The molecule has 1 aliphatic heterocycles. The Morgan fingerprint density at radius 1 is 1.31 bits per heavy atom. The molecular formula is C11H17N3OS. The van der Waals surface area contributed by atoms with E-state index in [2.05, 4.69) is 9.97 Å². The molecule has 0 fully saturated rings. The molecule has 0 radical (unpaired) electrons. The Labute approximate surface area is 100.0 Å². The van der Waals surface area contributed by atoms with Crippen molar-refractivity contribution in [3.8, 4) is 5.88 Å². The van der Waals surface area contributed by atoms with Crippen LogP contribution in [-0.2, 0) is 19.3 Å². The largest absolute Gasteiger partial charge is 0.481 e. The van der Waals surface area contributed by atoms with E-state index in [1.807, 2.05) is 11.8 Å². The monoisotopic (exact) mass is 239 g/mol. The molecule has 1 aromatic rings. The number of hydrogen-bond acceptors (Lipinski definition) is 5. The molecule has 0 spiro atoms. The number of thioether (sulfide) groups is 1. The first-order valence-electron chi connectivity index (χ1n) is 5.55. The molecule has 16 heavy (non-hydrogen) atoms. The zero-order valence-corrected chi connectivity index (χ0v) is 10.3. The van der Waals surface area contributed by atoms with Gasteiger partial charge in [0.05, 0.1) is 12.8 Å². The lowest BCUT2D eigenvalue weighted by molar-refractivity contribution is 0.388. The Hall–Kier alpha value is -0.810. The van der Waals surface area contributed by atoms with Gasteiger partial charge in [0.15, 0.2) is 0 Å². The minimum absolute atomic E-state index is 0.580. The SMILES string of the molecule is COc1nc(CCN)nc2c1CCSCC2. The molecule has 0 saturated heterocycles. The molecule has 1 aliphatic rings. The predicted octanol–water partition coefficient (Wildman–Crippen LogP) is 0.818. The number of nitrogens with zero attached hydrogens (tertiary/aromatic N) is 2. The van der Waals surface area contributed by atoms with E-state index >= 15 is 0 Å². The van der Waals surface area contributed by atoms with Gasteiger partial charge >= 0.3 is 0 Å². The van der Waals surface area contributed by atoms with Crippen molar-refractivity contribution in [3.05, 3.63) is 17.1 Å². The van der Waals surface area contributed by atoms with Gasteiger partial charge in [-0.15, -0.1) is 0 Å². The van der Waals surface area contributed by atoms with Gasteiger partial charge in [0, 0.05) is 12.0 Å². The van der Waals surface area contributed by atoms with Crippen LogP contribution in [0.5, 0.6) is 5.88 Å². The van der Waals surface area contributed by atoms with Gasteiger partial charge in [0.25, 0.3) is 0 Å². The van der Waals surface area contributed by atoms with Crippen LogP contribution in [-0.4, -0.2) is 35.1 Å². The zero-order valence-electron chi connectivity index (χ0n) is 9.53. The second-order valence-corrected chi connectivity index (χ2v) is 4.95. The first-order chi connectivity index (χ1) is 7.85. The van der Waals surface area contributed by atoms with Crippen molar-refractivity contribution < 1.29 is 4.74 Å². The topological polar surface area (TPSA) is 61.0 Å². The number of aromatic nitrogens is 2. The molecule has 2 rings (SSSR count). The zero-order chi connectivity index (χ0) is 11.4. The van der Waals surface area contributed by atoms with Crippen LogP contribution >= 0.6 is 11.8 Å². The Morgan fingerprint density at radius 3 is 2.88 bits per heavy atom. The van der Waals surface area contributed by atoms with Crippen LogP contribution in [0.3, 0.4) is 0 Å². The summed E-state index contributed by atoms with van der Waals surface area (Å²) in [5, 5.41) is 0. The van der Waals surface area contributed by atoms with Gasteiger partial charge in [0.2, 0.25) is 5.88 Å². The maximum Gasteiger partial charge on any atom is 0.219 e. The average molecular weight is 239 g/mol. The summed E-state index contributed by atoms with van der Waals surface area (Å²) in [4.78, 5) is 9.00. The minimum atomic E-state index is 0.580. The van der Waals surface area contributed by atoms with Gasteiger partial charge in [-0.25, -0.2) is 4.98 Å². The fourth-order valence-electron chi connectivity index (χ4n) is 1.87. The van der Waals surface area contributed by atoms with Crippen molar-refractivity contribution >= 4 is 11.8 Å². The Bertz CT molecular complexity index is 370. The summed E-state index contributed by atoms with van der Waals surface area (Å²) in [5.41, 5.74) is 7.88. The van der Waals surface area contributed by atoms with Crippen LogP contribution in [0, 0.1) is 0 Å². The number of hydrogen-bond donors (Lipinski definition) is 1. The Balaban J connectivity index is 2.38. The molecule has 0 aliphatic carbocycles. The highest BCUT2D eigenvalue weighted by Crippen LogP contribution is 2.25. The molecule has 88 valence electrons. The van der Waals surface area contributed by atoms with E-state index in [0.29, 0.717) is 6.54 Å². The van der Waals surface area contributed by atoms with Gasteiger partial charge in [-0.2, -0.15) is 16.7 Å². The Kier molecular flexibility index (Phi) is 4.01. The molecule has 0 unspecified atom stereocenters. The van der Waals surface area contributed by atoms with Gasteiger partial charge < -0.3 is 10.5 Å². The van der Waals surface area contributed by atoms with Crippen LogP contribution in [0.1, 0.15) is 17.1 Å². The lowest BCUT2D eigenvalue weighted by atomic mass is 10.1. The summed E-state index contributed by atoms with van der Waals surface area (Å²) in [6, 6.07) is 0. The van der Waals surface area contributed by atoms with Crippen molar-refractivity contribution in [1.82, 2.24) is 9.97 Å². The number of aryl methyl sites for hydroxylation is 1. The molecule has 2 N–H and O–H groups in total. The molecule has 0 atom stereocenters. The van der Waals surface area contributed by atoms with E-state index < -0.39 is 0 Å². The lowest BCUT2D eigenvalue weighted by Gasteiger charge is -2.11. The van der Waals surface area contributed by atoms with Crippen molar-refractivity contribution in [3.63, 3.8) is 0 Å². The molecule has 0 saturated carbocycles. The van der Waals surface area contributed by atoms with Gasteiger partial charge in [0.1, 0.15) is 5.82 Å². The standard InChI is InChI=1S/C11H17N3OS/c1-15-11-8-3-6-16-7-4-9(8)13-10(14-11)2-5-12/h2-7,12H2,1H3. The van der Waals surface area contributed by atoms with E-state index in [1.54, 1.807) is 7.11 Å². The summed E-state index contributed by atoms with van der Waals surface area (Å²) >= 11 is 1.96. The molecule has 4 nitrogen and oxygen atoms in total. The molecule has 2 heterocycles. The number of ether oxygens (including phenoxy) is 1. The second-order valence-electron chi connectivity index (χ2n) is 3.73. The number of fused-ring (bicyclic) bond motifs is 1. The van der Waals surface area contributed by atoms with Crippen LogP contribution in [0.4, 0.5) is 0 Å². The first kappa shape index (κ1) is 11.7. The third-order valence-electron chi connectivity index (χ3n) is 2.64. The number of nitrogens with two attached hydrogens (primary N) is 1. The quantitative estimate of drug-likeness (QED) is 0.846. The second kappa shape index (κ2) is 5.50. The van der Waals surface area contributed by atoms with Gasteiger partial charge in [-0.05, 0) is 30.9 Å². The highest BCUT2D eigenvalue weighted by Gasteiger charge is 2.17. The van der Waals surface area contributed by atoms with Crippen LogP contribution in [0.2, 0.25) is 0 Å². The van der Waals surface area contributed by atoms with E-state index in [1.165, 1.54) is 5.56 Å². The van der Waals surface area contributed by atoms with E-state index in [0.717, 1.165) is 48.2 Å². The maximum absolute atomic E-state index is 5.53. The fourth-order valence-corrected chi connectivity index (χ4v) is 2.76. The normalized spacial score (nSPS) is 15.4.